The molecule has 0 unspecified atom stereocenters. The predicted molar refractivity (Wildman–Crippen MR) is 107 cm³/mol. The molecular weight excluding hydrogens is 398 g/mol. The first-order valence-corrected chi connectivity index (χ1v) is 10.2. The summed E-state index contributed by atoms with van der Waals surface area (Å²) >= 11 is 1.49. The maximum absolute atomic E-state index is 12.6. The lowest BCUT2D eigenvalue weighted by molar-refractivity contribution is -0.121. The van der Waals surface area contributed by atoms with Crippen LogP contribution in [0.4, 0.5) is 14.6 Å². The number of nitrogens with zero attached hydrogens (tertiary/aromatic N) is 5. The number of pyridine rings is 2. The summed E-state index contributed by atoms with van der Waals surface area (Å²) in [7, 11) is 0. The van der Waals surface area contributed by atoms with E-state index in [0.29, 0.717) is 37.3 Å². The molecule has 7 nitrogen and oxygen atoms in total. The second kappa shape index (κ2) is 8.42. The van der Waals surface area contributed by atoms with Crippen molar-refractivity contribution in [2.45, 2.75) is 26.2 Å². The van der Waals surface area contributed by atoms with Crippen LogP contribution in [0.15, 0.2) is 24.5 Å². The van der Waals surface area contributed by atoms with Crippen LogP contribution in [0.5, 0.6) is 0 Å². The molecule has 1 aliphatic heterocycles. The average molecular weight is 418 g/mol. The van der Waals surface area contributed by atoms with Crippen molar-refractivity contribution in [3.05, 3.63) is 29.5 Å². The molecule has 0 bridgehead atoms. The molecular formula is C19H20F2N6OS. The molecule has 0 aromatic carbocycles. The summed E-state index contributed by atoms with van der Waals surface area (Å²) in [5.74, 6) is 0.123. The normalized spacial score (nSPS) is 15.9. The van der Waals surface area contributed by atoms with Gasteiger partial charge in [-0.3, -0.25) is 14.7 Å². The fraction of sp³-hybridized carbons (Fsp3) is 0.421. The van der Waals surface area contributed by atoms with Gasteiger partial charge in [0.2, 0.25) is 5.91 Å². The second-order valence-corrected chi connectivity index (χ2v) is 8.25. The molecule has 1 saturated heterocycles. The van der Waals surface area contributed by atoms with Crippen LogP contribution in [0.2, 0.25) is 0 Å². The zero-order chi connectivity index (χ0) is 20.4. The molecule has 3 aromatic rings. The number of amides is 1. The first-order valence-electron chi connectivity index (χ1n) is 9.35. The third kappa shape index (κ3) is 4.70. The Morgan fingerprint density at radius 2 is 2.03 bits per heavy atom. The number of alkyl halides is 2. The van der Waals surface area contributed by atoms with Crippen molar-refractivity contribution in [3.8, 4) is 10.6 Å². The average Bonchev–Trinajstić information content (AvgIpc) is 3.14. The number of likely N-dealkylation sites (tertiary alicyclic amines) is 1. The Hall–Kier alpha value is -2.59. The lowest BCUT2D eigenvalue weighted by Gasteiger charge is -2.30. The Balaban J connectivity index is 1.44. The molecule has 3 aromatic heterocycles. The predicted octanol–water partition coefficient (Wildman–Crippen LogP) is 3.37. The number of fused-ring (bicyclic) bond motifs is 1. The number of halogens is 2. The third-order valence-electron chi connectivity index (χ3n) is 4.95. The monoisotopic (exact) mass is 418 g/mol. The number of nitrogens with one attached hydrogen (secondary N) is 1. The highest BCUT2D eigenvalue weighted by Gasteiger charge is 2.26. The SMILES string of the molecule is Cc1nnc(-c2cnc3cnc(NC(=O)C4CCN(CC(F)F)CC4)cc3c2)s1. The minimum atomic E-state index is -2.34. The van der Waals surface area contributed by atoms with E-state index in [0.717, 1.165) is 21.0 Å². The standard InChI is InChI=1S/C19H20F2N6OS/c1-11-25-26-19(29-11)14-6-13-7-17(23-9-15(13)22-8-14)24-18(28)12-2-4-27(5-3-12)10-16(20)21/h6-9,12,16H,2-5,10H2,1H3,(H,23,24,28). The van der Waals surface area contributed by atoms with Crippen LogP contribution in [0.1, 0.15) is 17.8 Å². The van der Waals surface area contributed by atoms with Crippen LogP contribution in [0.3, 0.4) is 0 Å². The molecule has 1 fully saturated rings. The van der Waals surface area contributed by atoms with Gasteiger partial charge in [-0.05, 0) is 45.0 Å². The highest BCUT2D eigenvalue weighted by atomic mass is 32.1. The summed E-state index contributed by atoms with van der Waals surface area (Å²) in [5, 5.41) is 13.5. The van der Waals surface area contributed by atoms with Crippen molar-refractivity contribution >= 4 is 34.0 Å². The second-order valence-electron chi connectivity index (χ2n) is 7.07. The Bertz CT molecular complexity index is 1020. The zero-order valence-electron chi connectivity index (χ0n) is 15.8. The van der Waals surface area contributed by atoms with Crippen molar-refractivity contribution in [2.24, 2.45) is 5.92 Å². The molecule has 1 N–H and O–H groups in total. The van der Waals surface area contributed by atoms with Crippen molar-refractivity contribution in [1.82, 2.24) is 25.1 Å². The fourth-order valence-electron chi connectivity index (χ4n) is 3.43. The van der Waals surface area contributed by atoms with Crippen LogP contribution >= 0.6 is 11.3 Å². The fourth-order valence-corrected chi connectivity index (χ4v) is 4.10. The van der Waals surface area contributed by atoms with E-state index in [9.17, 15) is 13.6 Å². The first-order chi connectivity index (χ1) is 14.0. The Morgan fingerprint density at radius 3 is 2.72 bits per heavy atom. The van der Waals surface area contributed by atoms with E-state index in [1.54, 1.807) is 23.4 Å². The Labute approximate surface area is 170 Å². The molecule has 0 aliphatic carbocycles. The van der Waals surface area contributed by atoms with Gasteiger partial charge in [-0.2, -0.15) is 0 Å². The molecule has 4 rings (SSSR count). The van der Waals surface area contributed by atoms with E-state index < -0.39 is 6.43 Å². The number of anilines is 1. The molecule has 1 aliphatic rings. The van der Waals surface area contributed by atoms with Gasteiger partial charge in [-0.15, -0.1) is 10.2 Å². The summed E-state index contributed by atoms with van der Waals surface area (Å²) < 4.78 is 25.0. The maximum Gasteiger partial charge on any atom is 0.251 e. The van der Waals surface area contributed by atoms with Gasteiger partial charge in [0, 0.05) is 23.1 Å². The Morgan fingerprint density at radius 1 is 1.24 bits per heavy atom. The van der Waals surface area contributed by atoms with Gasteiger partial charge in [0.05, 0.1) is 18.3 Å². The molecule has 29 heavy (non-hydrogen) atoms. The Kier molecular flexibility index (Phi) is 5.72. The number of aryl methyl sites for hydroxylation is 1. The van der Waals surface area contributed by atoms with Gasteiger partial charge < -0.3 is 5.32 Å². The van der Waals surface area contributed by atoms with Gasteiger partial charge in [0.15, 0.2) is 0 Å². The van der Waals surface area contributed by atoms with E-state index in [1.807, 2.05) is 13.0 Å². The number of hydrogen-bond acceptors (Lipinski definition) is 7. The summed E-state index contributed by atoms with van der Waals surface area (Å²) in [4.78, 5) is 23.0. The van der Waals surface area contributed by atoms with Crippen LogP contribution in [-0.2, 0) is 4.79 Å². The van der Waals surface area contributed by atoms with E-state index in [2.05, 4.69) is 25.5 Å². The van der Waals surface area contributed by atoms with Gasteiger partial charge in [0.1, 0.15) is 15.8 Å². The summed E-state index contributed by atoms with van der Waals surface area (Å²) in [6.07, 6.45) is 2.13. The highest BCUT2D eigenvalue weighted by Crippen LogP contribution is 2.26. The van der Waals surface area contributed by atoms with Crippen LogP contribution in [0, 0.1) is 12.8 Å². The molecule has 0 spiro atoms. The van der Waals surface area contributed by atoms with Crippen molar-refractivity contribution in [1.29, 1.82) is 0 Å². The first kappa shape index (κ1) is 19.7. The molecule has 4 heterocycles. The van der Waals surface area contributed by atoms with E-state index in [-0.39, 0.29) is 18.4 Å². The maximum atomic E-state index is 12.6. The molecule has 0 radical (unpaired) electrons. The number of carbonyl (C=O) groups excluding carboxylic acids is 1. The minimum Gasteiger partial charge on any atom is -0.310 e. The lowest BCUT2D eigenvalue weighted by Crippen LogP contribution is -2.40. The number of aromatic nitrogens is 4. The topological polar surface area (TPSA) is 83.9 Å². The van der Waals surface area contributed by atoms with E-state index >= 15 is 0 Å². The minimum absolute atomic E-state index is 0.127. The zero-order valence-corrected chi connectivity index (χ0v) is 16.6. The highest BCUT2D eigenvalue weighted by molar-refractivity contribution is 7.14. The van der Waals surface area contributed by atoms with Gasteiger partial charge in [0.25, 0.3) is 6.43 Å². The molecule has 1 amide bonds. The lowest BCUT2D eigenvalue weighted by atomic mass is 9.96. The summed E-state index contributed by atoms with van der Waals surface area (Å²) in [6.45, 7) is 2.67. The molecule has 0 saturated carbocycles. The smallest absolute Gasteiger partial charge is 0.251 e. The largest absolute Gasteiger partial charge is 0.310 e. The molecule has 0 atom stereocenters. The van der Waals surface area contributed by atoms with Crippen LogP contribution in [-0.4, -0.2) is 57.0 Å². The van der Waals surface area contributed by atoms with Crippen LogP contribution < -0.4 is 5.32 Å². The van der Waals surface area contributed by atoms with Crippen LogP contribution in [0.25, 0.3) is 21.5 Å². The van der Waals surface area contributed by atoms with E-state index in [4.69, 9.17) is 0 Å². The quantitative estimate of drug-likeness (QED) is 0.684. The molecule has 10 heteroatoms. The van der Waals surface area contributed by atoms with Crippen molar-refractivity contribution in [2.75, 3.05) is 25.0 Å². The number of hydrogen-bond donors (Lipinski definition) is 1. The summed E-state index contributed by atoms with van der Waals surface area (Å²) in [6, 6.07) is 3.73. The van der Waals surface area contributed by atoms with Crippen molar-refractivity contribution in [3.63, 3.8) is 0 Å². The van der Waals surface area contributed by atoms with Crippen molar-refractivity contribution < 1.29 is 13.6 Å². The van der Waals surface area contributed by atoms with Gasteiger partial charge >= 0.3 is 0 Å². The molecule has 152 valence electrons. The van der Waals surface area contributed by atoms with E-state index in [1.165, 1.54) is 11.3 Å². The summed E-state index contributed by atoms with van der Waals surface area (Å²) in [5.41, 5.74) is 1.58. The number of piperidine rings is 1. The third-order valence-corrected chi connectivity index (χ3v) is 5.83. The van der Waals surface area contributed by atoms with Gasteiger partial charge in [-0.25, -0.2) is 13.8 Å². The number of rotatable bonds is 5. The van der Waals surface area contributed by atoms with Gasteiger partial charge in [-0.1, -0.05) is 11.3 Å². The number of carbonyl (C=O) groups is 1.